The van der Waals surface area contributed by atoms with Crippen molar-refractivity contribution >= 4 is 34.2 Å². The second kappa shape index (κ2) is 7.08. The second-order valence-electron chi connectivity index (χ2n) is 5.95. The van der Waals surface area contributed by atoms with Gasteiger partial charge in [-0.3, -0.25) is 19.3 Å². The molecule has 0 radical (unpaired) electrons. The zero-order valence-corrected chi connectivity index (χ0v) is 14.9. The molecule has 0 unspecified atom stereocenters. The standard InChI is InChI=1S/C19H14N4O3S/c24-15(10-12-6-2-1-3-7-12)20-19-22-21-16(27-19)11-23-17(25)13-8-4-5-9-14(13)18(23)26/h1-9H,10-11H2,(H,20,22,24). The highest BCUT2D eigenvalue weighted by Crippen LogP contribution is 2.26. The Hall–Kier alpha value is -3.39. The van der Waals surface area contributed by atoms with Crippen molar-refractivity contribution in [3.63, 3.8) is 0 Å². The van der Waals surface area contributed by atoms with Gasteiger partial charge < -0.3 is 5.32 Å². The Kier molecular flexibility index (Phi) is 4.47. The first-order chi connectivity index (χ1) is 13.1. The van der Waals surface area contributed by atoms with Crippen LogP contribution in [0.1, 0.15) is 31.3 Å². The molecule has 2 aromatic carbocycles. The minimum atomic E-state index is -0.347. The van der Waals surface area contributed by atoms with Crippen molar-refractivity contribution in [3.05, 3.63) is 76.3 Å². The molecule has 1 aromatic heterocycles. The number of hydrogen-bond acceptors (Lipinski definition) is 6. The van der Waals surface area contributed by atoms with Crippen LogP contribution in [0.25, 0.3) is 0 Å². The summed E-state index contributed by atoms with van der Waals surface area (Å²) in [5.41, 5.74) is 1.68. The summed E-state index contributed by atoms with van der Waals surface area (Å²) in [6, 6.07) is 16.1. The predicted molar refractivity (Wildman–Crippen MR) is 99.3 cm³/mol. The molecule has 3 amide bonds. The number of carbonyl (C=O) groups is 3. The number of carbonyl (C=O) groups excluding carboxylic acids is 3. The van der Waals surface area contributed by atoms with Gasteiger partial charge in [-0.25, -0.2) is 0 Å². The fraction of sp³-hybridized carbons (Fsp3) is 0.105. The van der Waals surface area contributed by atoms with Crippen LogP contribution in [0.5, 0.6) is 0 Å². The number of nitrogens with zero attached hydrogens (tertiary/aromatic N) is 3. The number of aromatic nitrogens is 2. The van der Waals surface area contributed by atoms with Gasteiger partial charge in [0, 0.05) is 0 Å². The summed E-state index contributed by atoms with van der Waals surface area (Å²) < 4.78 is 0. The van der Waals surface area contributed by atoms with Crippen LogP contribution < -0.4 is 5.32 Å². The highest BCUT2D eigenvalue weighted by atomic mass is 32.1. The first kappa shape index (κ1) is 17.0. The number of hydrogen-bond donors (Lipinski definition) is 1. The first-order valence-electron chi connectivity index (χ1n) is 8.23. The summed E-state index contributed by atoms with van der Waals surface area (Å²) in [5, 5.41) is 11.4. The van der Waals surface area contributed by atoms with Crippen molar-refractivity contribution in [2.75, 3.05) is 5.32 Å². The lowest BCUT2D eigenvalue weighted by Gasteiger charge is -2.10. The van der Waals surface area contributed by atoms with E-state index in [9.17, 15) is 14.4 Å². The molecule has 4 rings (SSSR count). The van der Waals surface area contributed by atoms with Crippen LogP contribution >= 0.6 is 11.3 Å². The normalized spacial score (nSPS) is 13.0. The van der Waals surface area contributed by atoms with Gasteiger partial charge in [0.1, 0.15) is 5.01 Å². The quantitative estimate of drug-likeness (QED) is 0.689. The lowest BCUT2D eigenvalue weighted by Crippen LogP contribution is -2.29. The van der Waals surface area contributed by atoms with Gasteiger partial charge in [0.25, 0.3) is 11.8 Å². The molecule has 0 spiro atoms. The maximum atomic E-state index is 12.4. The minimum Gasteiger partial charge on any atom is -0.300 e. The Bertz CT molecular complexity index is 997. The van der Waals surface area contributed by atoms with Gasteiger partial charge in [-0.2, -0.15) is 0 Å². The highest BCUT2D eigenvalue weighted by Gasteiger charge is 2.35. The maximum Gasteiger partial charge on any atom is 0.261 e. The molecule has 0 bridgehead atoms. The average Bonchev–Trinajstić information content (AvgIpc) is 3.21. The Labute approximate surface area is 158 Å². The van der Waals surface area contributed by atoms with Gasteiger partial charge in [0.15, 0.2) is 0 Å². The molecule has 3 aromatic rings. The predicted octanol–water partition coefficient (Wildman–Crippen LogP) is 2.52. The third-order valence-electron chi connectivity index (χ3n) is 4.09. The number of rotatable bonds is 5. The number of benzene rings is 2. The molecule has 0 aliphatic carbocycles. The van der Waals surface area contributed by atoms with Crippen LogP contribution in [0.15, 0.2) is 54.6 Å². The van der Waals surface area contributed by atoms with E-state index in [4.69, 9.17) is 0 Å². The maximum absolute atomic E-state index is 12.4. The van der Waals surface area contributed by atoms with E-state index >= 15 is 0 Å². The van der Waals surface area contributed by atoms with E-state index < -0.39 is 0 Å². The zero-order chi connectivity index (χ0) is 18.8. The molecule has 0 saturated heterocycles. The molecule has 0 fully saturated rings. The van der Waals surface area contributed by atoms with Crippen LogP contribution in [0.4, 0.5) is 5.13 Å². The third-order valence-corrected chi connectivity index (χ3v) is 4.92. The third kappa shape index (κ3) is 3.47. The number of anilines is 1. The lowest BCUT2D eigenvalue weighted by atomic mass is 10.1. The molecule has 0 atom stereocenters. The first-order valence-corrected chi connectivity index (χ1v) is 9.05. The van der Waals surface area contributed by atoms with E-state index in [-0.39, 0.29) is 30.7 Å². The summed E-state index contributed by atoms with van der Waals surface area (Å²) in [4.78, 5) is 38.0. The van der Waals surface area contributed by atoms with E-state index in [0.29, 0.717) is 21.3 Å². The van der Waals surface area contributed by atoms with Crippen molar-refractivity contribution in [2.45, 2.75) is 13.0 Å². The fourth-order valence-electron chi connectivity index (χ4n) is 2.83. The van der Waals surface area contributed by atoms with Crippen LogP contribution in [-0.2, 0) is 17.8 Å². The Morgan fingerprint density at radius 3 is 2.22 bits per heavy atom. The summed E-state index contributed by atoms with van der Waals surface area (Å²) in [6.07, 6.45) is 0.230. The average molecular weight is 378 g/mol. The van der Waals surface area contributed by atoms with Gasteiger partial charge in [-0.1, -0.05) is 53.8 Å². The molecule has 134 valence electrons. The van der Waals surface area contributed by atoms with Gasteiger partial charge in [-0.05, 0) is 17.7 Å². The summed E-state index contributed by atoms with van der Waals surface area (Å²) in [5.74, 6) is -0.898. The van der Waals surface area contributed by atoms with Crippen LogP contribution in [0.3, 0.4) is 0 Å². The summed E-state index contributed by atoms with van der Waals surface area (Å²) in [7, 11) is 0. The molecule has 7 nitrogen and oxygen atoms in total. The zero-order valence-electron chi connectivity index (χ0n) is 14.1. The number of imide groups is 1. The molecule has 1 aliphatic heterocycles. The Balaban J connectivity index is 1.41. The van der Waals surface area contributed by atoms with Crippen LogP contribution in [-0.4, -0.2) is 32.8 Å². The monoisotopic (exact) mass is 378 g/mol. The Morgan fingerprint density at radius 2 is 1.56 bits per heavy atom. The summed E-state index contributed by atoms with van der Waals surface area (Å²) >= 11 is 1.14. The topological polar surface area (TPSA) is 92.3 Å². The van der Waals surface area contributed by atoms with Gasteiger partial charge in [0.05, 0.1) is 24.1 Å². The van der Waals surface area contributed by atoms with Crippen molar-refractivity contribution < 1.29 is 14.4 Å². The number of amides is 3. The van der Waals surface area contributed by atoms with E-state index in [2.05, 4.69) is 15.5 Å². The van der Waals surface area contributed by atoms with Crippen molar-refractivity contribution in [1.29, 1.82) is 0 Å². The van der Waals surface area contributed by atoms with Crippen LogP contribution in [0.2, 0.25) is 0 Å². The van der Waals surface area contributed by atoms with E-state index in [1.807, 2.05) is 30.3 Å². The van der Waals surface area contributed by atoms with Gasteiger partial charge in [-0.15, -0.1) is 10.2 Å². The summed E-state index contributed by atoms with van der Waals surface area (Å²) in [6.45, 7) is 0.0264. The minimum absolute atomic E-state index is 0.0264. The Morgan fingerprint density at radius 1 is 0.926 bits per heavy atom. The molecule has 8 heteroatoms. The molecule has 27 heavy (non-hydrogen) atoms. The van der Waals surface area contributed by atoms with Crippen LogP contribution in [0, 0.1) is 0 Å². The molecule has 1 aliphatic rings. The van der Waals surface area contributed by atoms with Gasteiger partial charge in [0.2, 0.25) is 11.0 Å². The van der Waals surface area contributed by atoms with Crippen molar-refractivity contribution in [3.8, 4) is 0 Å². The fourth-order valence-corrected chi connectivity index (χ4v) is 3.58. The molecule has 2 heterocycles. The molecule has 0 saturated carbocycles. The lowest BCUT2D eigenvalue weighted by molar-refractivity contribution is -0.115. The van der Waals surface area contributed by atoms with E-state index in [0.717, 1.165) is 21.8 Å². The van der Waals surface area contributed by atoms with E-state index in [1.54, 1.807) is 24.3 Å². The molecular weight excluding hydrogens is 364 g/mol. The smallest absolute Gasteiger partial charge is 0.261 e. The number of fused-ring (bicyclic) bond motifs is 1. The van der Waals surface area contributed by atoms with Gasteiger partial charge >= 0.3 is 0 Å². The molecule has 1 N–H and O–H groups in total. The van der Waals surface area contributed by atoms with E-state index in [1.165, 1.54) is 0 Å². The number of nitrogens with one attached hydrogen (secondary N) is 1. The SMILES string of the molecule is O=C(Cc1ccccc1)Nc1nnc(CN2C(=O)c3ccccc3C2=O)s1. The largest absolute Gasteiger partial charge is 0.300 e. The molecular formula is C19H14N4O3S. The van der Waals surface area contributed by atoms with Crippen molar-refractivity contribution in [2.24, 2.45) is 0 Å². The second-order valence-corrected chi connectivity index (χ2v) is 7.02. The van der Waals surface area contributed by atoms with Crippen molar-refractivity contribution in [1.82, 2.24) is 15.1 Å². The highest BCUT2D eigenvalue weighted by molar-refractivity contribution is 7.15.